The lowest BCUT2D eigenvalue weighted by atomic mass is 9.86. The Labute approximate surface area is 259 Å². The second-order valence-corrected chi connectivity index (χ2v) is 10.8. The van der Waals surface area contributed by atoms with Gasteiger partial charge in [0.05, 0.1) is 17.0 Å². The average Bonchev–Trinajstić information content (AvgIpc) is 3.02. The van der Waals surface area contributed by atoms with E-state index < -0.39 is 41.1 Å². The van der Waals surface area contributed by atoms with Crippen molar-refractivity contribution >= 4 is 29.0 Å². The summed E-state index contributed by atoms with van der Waals surface area (Å²) in [6.07, 6.45) is -10.1. The standard InChI is InChI=1S/C33H26F6N4O3/c34-32(35,36)20-17-21(33(37,38)39)19-23(18-20)41-31(45)40-22-9-11-24(12-10-22)42-13-15-43(16-14-42)30(44)29-25-5-1-3-7-27(25)46-28-8-4-2-6-26(28)29/h1-12,17-19,29H,13-16H2,(H2,40,41,45). The summed E-state index contributed by atoms with van der Waals surface area (Å²) >= 11 is 0. The molecule has 0 spiro atoms. The maximum Gasteiger partial charge on any atom is 0.416 e. The molecule has 6 rings (SSSR count). The molecule has 2 aliphatic heterocycles. The first-order valence-electron chi connectivity index (χ1n) is 14.2. The number of anilines is 3. The molecule has 7 nitrogen and oxygen atoms in total. The third-order valence-corrected chi connectivity index (χ3v) is 7.85. The van der Waals surface area contributed by atoms with Crippen LogP contribution in [0.1, 0.15) is 28.2 Å². The predicted octanol–water partition coefficient (Wildman–Crippen LogP) is 7.95. The highest BCUT2D eigenvalue weighted by Gasteiger charge is 2.38. The number of piperazine rings is 1. The van der Waals surface area contributed by atoms with Crippen LogP contribution < -0.4 is 20.3 Å². The van der Waals surface area contributed by atoms with Crippen LogP contribution in [0.4, 0.5) is 48.2 Å². The third-order valence-electron chi connectivity index (χ3n) is 7.85. The number of para-hydroxylation sites is 2. The maximum absolute atomic E-state index is 13.8. The van der Waals surface area contributed by atoms with Gasteiger partial charge in [0.25, 0.3) is 0 Å². The summed E-state index contributed by atoms with van der Waals surface area (Å²) in [6, 6.07) is 21.4. The highest BCUT2D eigenvalue weighted by atomic mass is 19.4. The topological polar surface area (TPSA) is 73.9 Å². The van der Waals surface area contributed by atoms with Gasteiger partial charge in [-0.15, -0.1) is 0 Å². The Morgan fingerprint density at radius 3 is 1.67 bits per heavy atom. The van der Waals surface area contributed by atoms with Crippen molar-refractivity contribution in [3.63, 3.8) is 0 Å². The average molecular weight is 641 g/mol. The second-order valence-electron chi connectivity index (χ2n) is 10.8. The van der Waals surface area contributed by atoms with E-state index in [4.69, 9.17) is 4.74 Å². The SMILES string of the molecule is O=C(Nc1ccc(N2CCN(C(=O)C3c4ccccc4Oc4ccccc43)CC2)cc1)Nc1cc(C(F)(F)F)cc(C(F)(F)F)c1. The van der Waals surface area contributed by atoms with Crippen LogP contribution in [0.15, 0.2) is 91.0 Å². The van der Waals surface area contributed by atoms with Crippen LogP contribution in [0.2, 0.25) is 0 Å². The van der Waals surface area contributed by atoms with E-state index in [0.29, 0.717) is 49.8 Å². The number of benzene rings is 4. The Morgan fingerprint density at radius 1 is 0.652 bits per heavy atom. The lowest BCUT2D eigenvalue weighted by molar-refractivity contribution is -0.143. The van der Waals surface area contributed by atoms with E-state index in [2.05, 4.69) is 10.2 Å². The fourth-order valence-electron chi connectivity index (χ4n) is 5.62. The summed E-state index contributed by atoms with van der Waals surface area (Å²) in [4.78, 5) is 30.2. The molecular formula is C33H26F6N4O3. The van der Waals surface area contributed by atoms with Crippen molar-refractivity contribution in [1.82, 2.24) is 4.90 Å². The monoisotopic (exact) mass is 640 g/mol. The first-order valence-corrected chi connectivity index (χ1v) is 14.2. The van der Waals surface area contributed by atoms with Crippen molar-refractivity contribution < 1.29 is 40.7 Å². The van der Waals surface area contributed by atoms with Crippen molar-refractivity contribution in [2.24, 2.45) is 0 Å². The molecule has 1 saturated heterocycles. The van der Waals surface area contributed by atoms with Crippen LogP contribution in [0.5, 0.6) is 11.5 Å². The molecule has 0 bridgehead atoms. The van der Waals surface area contributed by atoms with Crippen LogP contribution in [0, 0.1) is 0 Å². The minimum absolute atomic E-state index is 0.0134. The van der Waals surface area contributed by atoms with Crippen molar-refractivity contribution in [2.45, 2.75) is 18.3 Å². The van der Waals surface area contributed by atoms with Crippen molar-refractivity contribution in [3.8, 4) is 11.5 Å². The van der Waals surface area contributed by atoms with Crippen LogP contribution in [-0.4, -0.2) is 43.0 Å². The van der Waals surface area contributed by atoms with Gasteiger partial charge >= 0.3 is 18.4 Å². The molecule has 13 heteroatoms. The number of amides is 3. The van der Waals surface area contributed by atoms with Gasteiger partial charge < -0.3 is 25.2 Å². The van der Waals surface area contributed by atoms with Crippen molar-refractivity contribution in [3.05, 3.63) is 113 Å². The molecule has 2 heterocycles. The number of nitrogens with zero attached hydrogens (tertiary/aromatic N) is 2. The number of ether oxygens (including phenoxy) is 1. The number of rotatable bonds is 4. The molecule has 2 aliphatic rings. The fraction of sp³-hybridized carbons (Fsp3) is 0.212. The molecule has 1 fully saturated rings. The molecule has 0 atom stereocenters. The smallest absolute Gasteiger partial charge is 0.416 e. The van der Waals surface area contributed by atoms with E-state index in [9.17, 15) is 35.9 Å². The normalized spacial score (nSPS) is 15.0. The first-order chi connectivity index (χ1) is 21.9. The van der Waals surface area contributed by atoms with E-state index in [1.165, 1.54) is 0 Å². The van der Waals surface area contributed by atoms with Gasteiger partial charge in [-0.1, -0.05) is 36.4 Å². The minimum Gasteiger partial charge on any atom is -0.457 e. The zero-order valence-corrected chi connectivity index (χ0v) is 24.0. The van der Waals surface area contributed by atoms with E-state index >= 15 is 0 Å². The van der Waals surface area contributed by atoms with Crippen LogP contribution in [0.3, 0.4) is 0 Å². The van der Waals surface area contributed by atoms with Gasteiger partial charge in [-0.05, 0) is 54.6 Å². The Kier molecular flexibility index (Phi) is 8.01. The summed E-state index contributed by atoms with van der Waals surface area (Å²) in [6.45, 7) is 2.03. The molecule has 0 radical (unpaired) electrons. The van der Waals surface area contributed by atoms with Gasteiger partial charge in [0.15, 0.2) is 0 Å². The lowest BCUT2D eigenvalue weighted by Gasteiger charge is -2.38. The molecule has 0 aliphatic carbocycles. The molecule has 4 aromatic carbocycles. The van der Waals surface area contributed by atoms with Gasteiger partial charge in [-0.25, -0.2) is 4.79 Å². The number of carbonyl (C=O) groups excluding carboxylic acids is 2. The van der Waals surface area contributed by atoms with Crippen molar-refractivity contribution in [1.29, 1.82) is 0 Å². The number of hydrogen-bond acceptors (Lipinski definition) is 4. The van der Waals surface area contributed by atoms with E-state index in [1.807, 2.05) is 58.7 Å². The van der Waals surface area contributed by atoms with Crippen LogP contribution in [0.25, 0.3) is 0 Å². The minimum atomic E-state index is -5.04. The second kappa shape index (κ2) is 12.0. The van der Waals surface area contributed by atoms with Gasteiger partial charge in [0.1, 0.15) is 11.5 Å². The largest absolute Gasteiger partial charge is 0.457 e. The Morgan fingerprint density at radius 2 is 1.15 bits per heavy atom. The molecule has 46 heavy (non-hydrogen) atoms. The Hall–Kier alpha value is -5.20. The summed E-state index contributed by atoms with van der Waals surface area (Å²) in [5.41, 5.74) is -1.01. The highest BCUT2D eigenvalue weighted by molar-refractivity contribution is 6.00. The third kappa shape index (κ3) is 6.44. The predicted molar refractivity (Wildman–Crippen MR) is 159 cm³/mol. The van der Waals surface area contributed by atoms with Gasteiger partial charge in [0.2, 0.25) is 5.91 Å². The lowest BCUT2D eigenvalue weighted by Crippen LogP contribution is -2.50. The van der Waals surface area contributed by atoms with Crippen LogP contribution in [-0.2, 0) is 17.1 Å². The Balaban J connectivity index is 1.08. The zero-order chi connectivity index (χ0) is 32.6. The van der Waals surface area contributed by atoms with Gasteiger partial charge in [-0.3, -0.25) is 4.79 Å². The quantitative estimate of drug-likeness (QED) is 0.222. The number of halogens is 6. The van der Waals surface area contributed by atoms with E-state index in [1.54, 1.807) is 24.3 Å². The molecule has 0 unspecified atom stereocenters. The van der Waals surface area contributed by atoms with Crippen LogP contribution >= 0.6 is 0 Å². The number of urea groups is 1. The molecular weight excluding hydrogens is 614 g/mol. The molecule has 0 saturated carbocycles. The Bertz CT molecular complexity index is 1690. The number of fused-ring (bicyclic) bond motifs is 2. The summed E-state index contributed by atoms with van der Waals surface area (Å²) < 4.78 is 84.9. The number of carbonyl (C=O) groups is 2. The van der Waals surface area contributed by atoms with Crippen molar-refractivity contribution in [2.75, 3.05) is 41.7 Å². The zero-order valence-electron chi connectivity index (χ0n) is 24.0. The van der Waals surface area contributed by atoms with E-state index in [0.717, 1.165) is 16.8 Å². The van der Waals surface area contributed by atoms with Gasteiger partial charge in [-0.2, -0.15) is 26.3 Å². The van der Waals surface area contributed by atoms with Gasteiger partial charge in [0, 0.05) is 54.4 Å². The number of nitrogens with one attached hydrogen (secondary N) is 2. The fourth-order valence-corrected chi connectivity index (χ4v) is 5.62. The number of alkyl halides is 6. The first kappa shape index (κ1) is 30.8. The molecule has 3 amide bonds. The summed E-state index contributed by atoms with van der Waals surface area (Å²) in [5.74, 6) is 0.805. The van der Waals surface area contributed by atoms with E-state index in [-0.39, 0.29) is 17.7 Å². The molecule has 238 valence electrons. The number of hydrogen-bond donors (Lipinski definition) is 2. The molecule has 4 aromatic rings. The highest BCUT2D eigenvalue weighted by Crippen LogP contribution is 2.45. The molecule has 2 N–H and O–H groups in total. The summed E-state index contributed by atoms with van der Waals surface area (Å²) in [5, 5.41) is 4.46. The maximum atomic E-state index is 13.8. The summed E-state index contributed by atoms with van der Waals surface area (Å²) in [7, 11) is 0. The molecule has 0 aromatic heterocycles.